The molecule has 1 aromatic carbocycles. The van der Waals surface area contributed by atoms with E-state index < -0.39 is 11.9 Å². The second kappa shape index (κ2) is 5.75. The summed E-state index contributed by atoms with van der Waals surface area (Å²) in [6.07, 6.45) is -3.45. The summed E-state index contributed by atoms with van der Waals surface area (Å²) in [6.45, 7) is 0. The lowest BCUT2D eigenvalue weighted by atomic mass is 10.2. The summed E-state index contributed by atoms with van der Waals surface area (Å²) in [7, 11) is 1.77. The van der Waals surface area contributed by atoms with Crippen LogP contribution in [-0.2, 0) is 6.18 Å². The van der Waals surface area contributed by atoms with Gasteiger partial charge < -0.3 is 10.1 Å². The third kappa shape index (κ3) is 3.18. The Balaban J connectivity index is 1.92. The molecule has 0 radical (unpaired) electrons. The van der Waals surface area contributed by atoms with Crippen LogP contribution in [0.1, 0.15) is 5.69 Å². The topological polar surface area (TPSA) is 47.0 Å². The van der Waals surface area contributed by atoms with Crippen LogP contribution in [-0.4, -0.2) is 17.0 Å². The molecule has 0 spiro atoms. The molecule has 4 nitrogen and oxygen atoms in total. The van der Waals surface area contributed by atoms with Gasteiger partial charge in [0.1, 0.15) is 11.4 Å². The summed E-state index contributed by atoms with van der Waals surface area (Å²) >= 11 is 0. The zero-order valence-electron chi connectivity index (χ0n) is 12.1. The Bertz CT molecular complexity index is 832. The van der Waals surface area contributed by atoms with Crippen LogP contribution >= 0.6 is 0 Å². The molecule has 0 aliphatic rings. The maximum atomic E-state index is 12.5. The molecule has 23 heavy (non-hydrogen) atoms. The van der Waals surface area contributed by atoms with Gasteiger partial charge in [-0.1, -0.05) is 18.2 Å². The molecule has 118 valence electrons. The molecule has 0 unspecified atom stereocenters. The maximum Gasteiger partial charge on any atom is 0.433 e. The first kappa shape index (κ1) is 15.1. The van der Waals surface area contributed by atoms with Gasteiger partial charge in [-0.3, -0.25) is 0 Å². The fourth-order valence-corrected chi connectivity index (χ4v) is 2.14. The normalized spacial score (nSPS) is 11.5. The zero-order chi connectivity index (χ0) is 16.4. The minimum absolute atomic E-state index is 0.183. The predicted octanol–water partition coefficient (Wildman–Crippen LogP) is 4.48. The Morgan fingerprint density at radius 1 is 1.09 bits per heavy atom. The molecule has 1 N–H and O–H groups in total. The van der Waals surface area contributed by atoms with E-state index in [4.69, 9.17) is 4.74 Å². The molecule has 0 fully saturated rings. The summed E-state index contributed by atoms with van der Waals surface area (Å²) in [5.41, 5.74) is 0.562. The average Bonchev–Trinajstić information content (AvgIpc) is 2.53. The van der Waals surface area contributed by atoms with E-state index in [1.54, 1.807) is 13.1 Å². The van der Waals surface area contributed by atoms with Gasteiger partial charge in [-0.25, -0.2) is 9.97 Å². The van der Waals surface area contributed by atoms with E-state index in [9.17, 15) is 13.2 Å². The molecule has 0 aliphatic carbocycles. The SMILES string of the molecule is CNc1cc(Oc2ccc(C(F)(F)F)nc2)nc2ccccc12. The highest BCUT2D eigenvalue weighted by Gasteiger charge is 2.32. The van der Waals surface area contributed by atoms with Gasteiger partial charge in [0.25, 0.3) is 0 Å². The first-order chi connectivity index (χ1) is 11.0. The first-order valence-electron chi connectivity index (χ1n) is 6.76. The summed E-state index contributed by atoms with van der Waals surface area (Å²) < 4.78 is 43.0. The van der Waals surface area contributed by atoms with E-state index in [2.05, 4.69) is 15.3 Å². The molecule has 3 aromatic rings. The molecule has 0 saturated carbocycles. The van der Waals surface area contributed by atoms with Gasteiger partial charge in [0.2, 0.25) is 5.88 Å². The standard InChI is InChI=1S/C16H12F3N3O/c1-20-13-8-15(22-12-5-3-2-4-11(12)13)23-10-6-7-14(21-9-10)16(17,18)19/h2-9H,1H3,(H,20,22). The summed E-state index contributed by atoms with van der Waals surface area (Å²) in [5, 5.41) is 3.96. The molecule has 2 aromatic heterocycles. The highest BCUT2D eigenvalue weighted by Crippen LogP contribution is 2.31. The van der Waals surface area contributed by atoms with Crippen molar-refractivity contribution in [2.75, 3.05) is 12.4 Å². The summed E-state index contributed by atoms with van der Waals surface area (Å²) in [5.74, 6) is 0.456. The van der Waals surface area contributed by atoms with Crippen LogP contribution in [0.25, 0.3) is 10.9 Å². The van der Waals surface area contributed by atoms with Crippen molar-refractivity contribution in [1.82, 2.24) is 9.97 Å². The van der Waals surface area contributed by atoms with Gasteiger partial charge in [0, 0.05) is 24.2 Å². The second-order valence-electron chi connectivity index (χ2n) is 4.75. The fourth-order valence-electron chi connectivity index (χ4n) is 2.14. The number of benzene rings is 1. The van der Waals surface area contributed by atoms with Gasteiger partial charge in [-0.05, 0) is 18.2 Å². The fraction of sp³-hybridized carbons (Fsp3) is 0.125. The molecule has 0 saturated heterocycles. The van der Waals surface area contributed by atoms with Crippen molar-refractivity contribution < 1.29 is 17.9 Å². The first-order valence-corrected chi connectivity index (χ1v) is 6.76. The number of nitrogens with zero attached hydrogens (tertiary/aromatic N) is 2. The number of hydrogen-bond donors (Lipinski definition) is 1. The number of alkyl halides is 3. The number of hydrogen-bond acceptors (Lipinski definition) is 4. The Morgan fingerprint density at radius 3 is 2.52 bits per heavy atom. The van der Waals surface area contributed by atoms with Crippen LogP contribution in [0.5, 0.6) is 11.6 Å². The maximum absolute atomic E-state index is 12.5. The molecule has 0 bridgehead atoms. The molecule has 0 aliphatic heterocycles. The van der Waals surface area contributed by atoms with E-state index in [1.807, 2.05) is 24.3 Å². The Morgan fingerprint density at radius 2 is 1.87 bits per heavy atom. The number of para-hydroxylation sites is 1. The monoisotopic (exact) mass is 319 g/mol. The number of aromatic nitrogens is 2. The number of pyridine rings is 2. The number of nitrogens with one attached hydrogen (secondary N) is 1. The van der Waals surface area contributed by atoms with Gasteiger partial charge >= 0.3 is 6.18 Å². The van der Waals surface area contributed by atoms with E-state index in [-0.39, 0.29) is 11.6 Å². The van der Waals surface area contributed by atoms with Crippen molar-refractivity contribution >= 4 is 16.6 Å². The number of halogens is 3. The number of fused-ring (bicyclic) bond motifs is 1. The molecule has 0 atom stereocenters. The third-order valence-corrected chi connectivity index (χ3v) is 3.21. The van der Waals surface area contributed by atoms with Crippen molar-refractivity contribution in [3.63, 3.8) is 0 Å². The highest BCUT2D eigenvalue weighted by atomic mass is 19.4. The summed E-state index contributed by atoms with van der Waals surface area (Å²) in [4.78, 5) is 7.70. The van der Waals surface area contributed by atoms with Gasteiger partial charge in [-0.15, -0.1) is 0 Å². The number of rotatable bonds is 3. The highest BCUT2D eigenvalue weighted by molar-refractivity contribution is 5.91. The van der Waals surface area contributed by atoms with Gasteiger partial charge in [0.15, 0.2) is 0 Å². The smallest absolute Gasteiger partial charge is 0.433 e. The molecular weight excluding hydrogens is 307 g/mol. The van der Waals surface area contributed by atoms with Crippen LogP contribution in [0, 0.1) is 0 Å². The predicted molar refractivity (Wildman–Crippen MR) is 80.6 cm³/mol. The number of ether oxygens (including phenoxy) is 1. The summed E-state index contributed by atoms with van der Waals surface area (Å²) in [6, 6.07) is 11.2. The van der Waals surface area contributed by atoms with Crippen molar-refractivity contribution in [3.8, 4) is 11.6 Å². The van der Waals surface area contributed by atoms with Gasteiger partial charge in [0.05, 0.1) is 11.7 Å². The quantitative estimate of drug-likeness (QED) is 0.773. The third-order valence-electron chi connectivity index (χ3n) is 3.21. The molecule has 3 rings (SSSR count). The number of anilines is 1. The lowest BCUT2D eigenvalue weighted by molar-refractivity contribution is -0.141. The molecule has 0 amide bonds. The Hall–Kier alpha value is -2.83. The van der Waals surface area contributed by atoms with Crippen molar-refractivity contribution in [1.29, 1.82) is 0 Å². The second-order valence-corrected chi connectivity index (χ2v) is 4.75. The van der Waals surface area contributed by atoms with E-state index in [0.717, 1.165) is 23.3 Å². The van der Waals surface area contributed by atoms with Crippen LogP contribution in [0.3, 0.4) is 0 Å². The zero-order valence-corrected chi connectivity index (χ0v) is 12.1. The largest absolute Gasteiger partial charge is 0.437 e. The minimum atomic E-state index is -4.47. The average molecular weight is 319 g/mol. The van der Waals surface area contributed by atoms with E-state index in [1.165, 1.54) is 6.07 Å². The molecule has 7 heteroatoms. The van der Waals surface area contributed by atoms with Crippen molar-refractivity contribution in [2.24, 2.45) is 0 Å². The van der Waals surface area contributed by atoms with Crippen molar-refractivity contribution in [3.05, 3.63) is 54.4 Å². The van der Waals surface area contributed by atoms with Crippen LogP contribution in [0.2, 0.25) is 0 Å². The van der Waals surface area contributed by atoms with Crippen molar-refractivity contribution in [2.45, 2.75) is 6.18 Å². The van der Waals surface area contributed by atoms with Crippen LogP contribution < -0.4 is 10.1 Å². The molecule has 2 heterocycles. The van der Waals surface area contributed by atoms with Crippen LogP contribution in [0.15, 0.2) is 48.7 Å². The lowest BCUT2D eigenvalue weighted by Gasteiger charge is -2.10. The Kier molecular flexibility index (Phi) is 3.77. The van der Waals surface area contributed by atoms with E-state index >= 15 is 0 Å². The van der Waals surface area contributed by atoms with Gasteiger partial charge in [-0.2, -0.15) is 13.2 Å². The minimum Gasteiger partial charge on any atom is -0.437 e. The van der Waals surface area contributed by atoms with E-state index in [0.29, 0.717) is 5.52 Å². The molecular formula is C16H12F3N3O. The van der Waals surface area contributed by atoms with Crippen LogP contribution in [0.4, 0.5) is 18.9 Å². The lowest BCUT2D eigenvalue weighted by Crippen LogP contribution is -2.07. The Labute approximate surface area is 129 Å².